The first-order chi connectivity index (χ1) is 8.59. The third-order valence-corrected chi connectivity index (χ3v) is 2.57. The van der Waals surface area contributed by atoms with Crippen LogP contribution in [0.2, 0.25) is 0 Å². The number of hydrogen-bond acceptors (Lipinski definition) is 5. The first-order valence-electron chi connectivity index (χ1n) is 5.39. The molecule has 0 atom stereocenters. The molecule has 0 saturated heterocycles. The lowest BCUT2D eigenvalue weighted by atomic mass is 10.4. The lowest BCUT2D eigenvalue weighted by Crippen LogP contribution is -2.33. The van der Waals surface area contributed by atoms with Crippen molar-refractivity contribution in [2.45, 2.75) is 6.54 Å². The van der Waals surface area contributed by atoms with Crippen LogP contribution in [0.3, 0.4) is 0 Å². The summed E-state index contributed by atoms with van der Waals surface area (Å²) in [6.07, 6.45) is 3.49. The molecule has 0 aliphatic heterocycles. The standard InChI is InChI=1S/C10H14N6O2/c1-15-8(11)7(9(17)14-10(15)18)12-4-6-16-5-2-3-13-16/h2-3,5,12H,4,6,11H2,1H3,(H,14,17,18). The van der Waals surface area contributed by atoms with Crippen LogP contribution in [-0.2, 0) is 13.6 Å². The summed E-state index contributed by atoms with van der Waals surface area (Å²) in [5.41, 5.74) is 4.85. The van der Waals surface area contributed by atoms with E-state index in [1.54, 1.807) is 10.9 Å². The molecule has 0 unspecified atom stereocenters. The van der Waals surface area contributed by atoms with Gasteiger partial charge in [0, 0.05) is 26.0 Å². The van der Waals surface area contributed by atoms with Crippen LogP contribution in [0, 0.1) is 0 Å². The smallest absolute Gasteiger partial charge is 0.329 e. The van der Waals surface area contributed by atoms with Crippen LogP contribution in [0.25, 0.3) is 0 Å². The summed E-state index contributed by atoms with van der Waals surface area (Å²) in [4.78, 5) is 25.0. The van der Waals surface area contributed by atoms with Crippen molar-refractivity contribution in [3.63, 3.8) is 0 Å². The zero-order chi connectivity index (χ0) is 13.1. The van der Waals surface area contributed by atoms with Gasteiger partial charge in [-0.05, 0) is 6.07 Å². The second-order valence-corrected chi connectivity index (χ2v) is 3.77. The number of anilines is 2. The minimum absolute atomic E-state index is 0.115. The zero-order valence-corrected chi connectivity index (χ0v) is 9.88. The predicted molar refractivity (Wildman–Crippen MR) is 67.4 cm³/mol. The Kier molecular flexibility index (Phi) is 3.18. The minimum atomic E-state index is -0.532. The van der Waals surface area contributed by atoms with Gasteiger partial charge >= 0.3 is 5.69 Å². The first-order valence-corrected chi connectivity index (χ1v) is 5.39. The van der Waals surface area contributed by atoms with Crippen LogP contribution in [0.5, 0.6) is 0 Å². The Bertz CT molecular complexity index is 639. The third kappa shape index (κ3) is 2.26. The highest BCUT2D eigenvalue weighted by Gasteiger charge is 2.08. The first kappa shape index (κ1) is 12.0. The summed E-state index contributed by atoms with van der Waals surface area (Å²) in [5.74, 6) is 0.115. The number of nitrogens with zero attached hydrogens (tertiary/aromatic N) is 3. The maximum atomic E-state index is 11.6. The Morgan fingerprint density at radius 1 is 1.50 bits per heavy atom. The van der Waals surface area contributed by atoms with Crippen LogP contribution in [0.1, 0.15) is 0 Å². The van der Waals surface area contributed by atoms with Crippen LogP contribution < -0.4 is 22.3 Å². The molecule has 0 amide bonds. The second-order valence-electron chi connectivity index (χ2n) is 3.77. The normalized spacial score (nSPS) is 10.5. The number of aromatic amines is 1. The molecule has 0 radical (unpaired) electrons. The highest BCUT2D eigenvalue weighted by atomic mass is 16.2. The molecule has 0 spiro atoms. The Balaban J connectivity index is 2.12. The topological polar surface area (TPSA) is 111 Å². The molecule has 2 aromatic rings. The molecule has 0 aromatic carbocycles. The van der Waals surface area contributed by atoms with E-state index in [2.05, 4.69) is 15.4 Å². The number of rotatable bonds is 4. The average molecular weight is 250 g/mol. The summed E-state index contributed by atoms with van der Waals surface area (Å²) >= 11 is 0. The van der Waals surface area contributed by atoms with Gasteiger partial charge in [-0.3, -0.25) is 19.0 Å². The monoisotopic (exact) mass is 250 g/mol. The molecular weight excluding hydrogens is 236 g/mol. The SMILES string of the molecule is Cn1c(N)c(NCCn2cccn2)c(=O)[nH]c1=O. The molecule has 0 aliphatic rings. The van der Waals surface area contributed by atoms with E-state index < -0.39 is 11.2 Å². The molecule has 2 heterocycles. The van der Waals surface area contributed by atoms with Crippen molar-refractivity contribution in [2.24, 2.45) is 7.05 Å². The molecule has 8 heteroatoms. The Hall–Kier alpha value is -2.51. The van der Waals surface area contributed by atoms with Crippen molar-refractivity contribution in [3.8, 4) is 0 Å². The quantitative estimate of drug-likeness (QED) is 0.642. The summed E-state index contributed by atoms with van der Waals surface area (Å²) in [6.45, 7) is 1.07. The van der Waals surface area contributed by atoms with Crippen molar-refractivity contribution in [3.05, 3.63) is 39.3 Å². The molecule has 0 fully saturated rings. The van der Waals surface area contributed by atoms with Gasteiger partial charge in [0.25, 0.3) is 5.56 Å². The lowest BCUT2D eigenvalue weighted by molar-refractivity contribution is 0.637. The van der Waals surface area contributed by atoms with Crippen LogP contribution in [0.4, 0.5) is 11.5 Å². The van der Waals surface area contributed by atoms with E-state index in [-0.39, 0.29) is 11.5 Å². The summed E-state index contributed by atoms with van der Waals surface area (Å²) in [6, 6.07) is 1.81. The maximum absolute atomic E-state index is 11.6. The summed E-state index contributed by atoms with van der Waals surface area (Å²) in [7, 11) is 1.49. The molecule has 2 aromatic heterocycles. The molecule has 2 rings (SSSR count). The van der Waals surface area contributed by atoms with E-state index in [1.807, 2.05) is 12.3 Å². The fourth-order valence-electron chi connectivity index (χ4n) is 1.54. The molecule has 0 saturated carbocycles. The van der Waals surface area contributed by atoms with E-state index in [0.717, 1.165) is 0 Å². The molecule has 8 nitrogen and oxygen atoms in total. The zero-order valence-electron chi connectivity index (χ0n) is 9.88. The number of hydrogen-bond donors (Lipinski definition) is 3. The highest BCUT2D eigenvalue weighted by Crippen LogP contribution is 2.07. The average Bonchev–Trinajstić information content (AvgIpc) is 2.84. The van der Waals surface area contributed by atoms with Gasteiger partial charge in [0.05, 0.1) is 6.54 Å². The van der Waals surface area contributed by atoms with Gasteiger partial charge in [0.15, 0.2) is 0 Å². The summed E-state index contributed by atoms with van der Waals surface area (Å²) < 4.78 is 2.90. The number of aromatic nitrogens is 4. The van der Waals surface area contributed by atoms with Gasteiger partial charge in [-0.1, -0.05) is 0 Å². The van der Waals surface area contributed by atoms with Gasteiger partial charge < -0.3 is 11.1 Å². The Morgan fingerprint density at radius 2 is 2.28 bits per heavy atom. The minimum Gasteiger partial charge on any atom is -0.383 e. The third-order valence-electron chi connectivity index (χ3n) is 2.57. The second kappa shape index (κ2) is 4.78. The van der Waals surface area contributed by atoms with E-state index >= 15 is 0 Å². The van der Waals surface area contributed by atoms with Crippen LogP contribution >= 0.6 is 0 Å². The van der Waals surface area contributed by atoms with Crippen molar-refractivity contribution in [1.29, 1.82) is 0 Å². The van der Waals surface area contributed by atoms with Gasteiger partial charge in [0.2, 0.25) is 0 Å². The number of nitrogens with two attached hydrogens (primary N) is 1. The highest BCUT2D eigenvalue weighted by molar-refractivity contribution is 5.60. The van der Waals surface area contributed by atoms with E-state index in [9.17, 15) is 9.59 Å². The van der Waals surface area contributed by atoms with Gasteiger partial charge in [-0.25, -0.2) is 4.79 Å². The molecule has 0 bridgehead atoms. The van der Waals surface area contributed by atoms with Crippen molar-refractivity contribution >= 4 is 11.5 Å². The van der Waals surface area contributed by atoms with E-state index in [4.69, 9.17) is 5.73 Å². The Morgan fingerprint density at radius 3 is 2.94 bits per heavy atom. The fourth-order valence-corrected chi connectivity index (χ4v) is 1.54. The van der Waals surface area contributed by atoms with Gasteiger partial charge in [0.1, 0.15) is 11.5 Å². The van der Waals surface area contributed by atoms with Crippen molar-refractivity contribution in [2.75, 3.05) is 17.6 Å². The van der Waals surface area contributed by atoms with Crippen molar-refractivity contribution < 1.29 is 0 Å². The van der Waals surface area contributed by atoms with Crippen LogP contribution in [-0.4, -0.2) is 25.9 Å². The molecular formula is C10H14N6O2. The molecule has 0 aliphatic carbocycles. The molecule has 4 N–H and O–H groups in total. The molecule has 18 heavy (non-hydrogen) atoms. The summed E-state index contributed by atoms with van der Waals surface area (Å²) in [5, 5.41) is 6.93. The predicted octanol–water partition coefficient (Wildman–Crippen LogP) is -1.04. The lowest BCUT2D eigenvalue weighted by Gasteiger charge is -2.10. The van der Waals surface area contributed by atoms with E-state index in [1.165, 1.54) is 11.6 Å². The maximum Gasteiger partial charge on any atom is 0.329 e. The number of nitrogens with one attached hydrogen (secondary N) is 2. The molecule has 96 valence electrons. The number of H-pyrrole nitrogens is 1. The van der Waals surface area contributed by atoms with Crippen molar-refractivity contribution in [1.82, 2.24) is 19.3 Å². The Labute approximate surface area is 102 Å². The van der Waals surface area contributed by atoms with Gasteiger partial charge in [-0.2, -0.15) is 5.10 Å². The largest absolute Gasteiger partial charge is 0.383 e. The fraction of sp³-hybridized carbons (Fsp3) is 0.300. The van der Waals surface area contributed by atoms with Crippen LogP contribution in [0.15, 0.2) is 28.0 Å². The number of nitrogen functional groups attached to an aromatic ring is 1. The van der Waals surface area contributed by atoms with Gasteiger partial charge in [-0.15, -0.1) is 0 Å². The van der Waals surface area contributed by atoms with E-state index in [0.29, 0.717) is 13.1 Å².